The molecule has 8 heteroatoms. The minimum atomic E-state index is -0.464. The topological polar surface area (TPSA) is 91.6 Å². The van der Waals surface area contributed by atoms with Gasteiger partial charge in [0.25, 0.3) is 0 Å². The minimum absolute atomic E-state index is 0.179. The van der Waals surface area contributed by atoms with E-state index in [2.05, 4.69) is 21.6 Å². The smallest absolute Gasteiger partial charge is 0.238 e. The summed E-state index contributed by atoms with van der Waals surface area (Å²) in [5.41, 5.74) is 5.01. The third-order valence-corrected chi connectivity index (χ3v) is 8.09. The maximum Gasteiger partial charge on any atom is 0.238 e. The van der Waals surface area contributed by atoms with E-state index in [9.17, 15) is 10.1 Å². The molecule has 0 saturated heterocycles. The van der Waals surface area contributed by atoms with Crippen LogP contribution < -0.4 is 5.32 Å². The van der Waals surface area contributed by atoms with Crippen molar-refractivity contribution in [3.05, 3.63) is 76.7 Å². The van der Waals surface area contributed by atoms with Gasteiger partial charge in [-0.3, -0.25) is 4.79 Å². The lowest BCUT2D eigenvalue weighted by Gasteiger charge is -2.12. The predicted octanol–water partition coefficient (Wildman–Crippen LogP) is 6.14. The number of nitrogens with one attached hydrogen (secondary N) is 1. The molecular formula is C27H23N5OS2. The van der Waals surface area contributed by atoms with Gasteiger partial charge < -0.3 is 5.32 Å². The molecule has 35 heavy (non-hydrogen) atoms. The van der Waals surface area contributed by atoms with E-state index in [4.69, 9.17) is 4.98 Å². The number of amides is 1. The van der Waals surface area contributed by atoms with Gasteiger partial charge in [0.05, 0.1) is 10.8 Å². The van der Waals surface area contributed by atoms with E-state index < -0.39 is 5.25 Å². The summed E-state index contributed by atoms with van der Waals surface area (Å²) in [6, 6.07) is 22.0. The fraction of sp³-hybridized carbons (Fsp3) is 0.222. The Bertz CT molecular complexity index is 1400. The molecule has 2 aromatic heterocycles. The quantitative estimate of drug-likeness (QED) is 0.322. The van der Waals surface area contributed by atoms with Crippen LogP contribution in [0.15, 0.2) is 65.8 Å². The Morgan fingerprint density at radius 1 is 1.00 bits per heavy atom. The first-order chi connectivity index (χ1) is 17.1. The van der Waals surface area contributed by atoms with Crippen molar-refractivity contribution in [2.45, 2.75) is 43.0 Å². The lowest BCUT2D eigenvalue weighted by Crippen LogP contribution is -2.22. The number of fused-ring (bicyclic) bond motifs is 1. The number of aromatic nitrogens is 3. The number of rotatable bonds is 6. The average Bonchev–Trinajstić information content (AvgIpc) is 3.26. The van der Waals surface area contributed by atoms with E-state index in [0.717, 1.165) is 48.1 Å². The number of anilines is 1. The van der Waals surface area contributed by atoms with Crippen molar-refractivity contribution in [2.75, 3.05) is 5.32 Å². The molecule has 2 aromatic carbocycles. The van der Waals surface area contributed by atoms with E-state index in [1.165, 1.54) is 28.0 Å². The number of thioether (sulfide) groups is 1. The Morgan fingerprint density at radius 3 is 2.34 bits per heavy atom. The standard InChI is InChI=1S/C27H23N5OS2/c1-17(25(33)30-26-21(16-28)20-14-8-9-15-22(20)35-26)34-27-29-23(18-10-4-2-5-11-18)24(31-32-27)19-12-6-3-7-13-19/h2-7,10-13,17H,8-9,14-15H2,1H3,(H,30,33). The van der Waals surface area contributed by atoms with Gasteiger partial charge in [0.1, 0.15) is 22.5 Å². The Labute approximate surface area is 212 Å². The normalized spacial score (nSPS) is 13.5. The highest BCUT2D eigenvalue weighted by molar-refractivity contribution is 8.00. The fourth-order valence-corrected chi connectivity index (χ4v) is 6.10. The van der Waals surface area contributed by atoms with E-state index in [-0.39, 0.29) is 5.91 Å². The molecule has 0 radical (unpaired) electrons. The van der Waals surface area contributed by atoms with Crippen LogP contribution in [0.4, 0.5) is 5.00 Å². The molecular weight excluding hydrogens is 474 g/mol. The van der Waals surface area contributed by atoms with Crippen LogP contribution in [0.2, 0.25) is 0 Å². The molecule has 1 atom stereocenters. The second kappa shape index (κ2) is 10.4. The summed E-state index contributed by atoms with van der Waals surface area (Å²) in [5, 5.41) is 22.1. The van der Waals surface area contributed by atoms with Gasteiger partial charge in [0, 0.05) is 16.0 Å². The van der Waals surface area contributed by atoms with Crippen molar-refractivity contribution in [3.63, 3.8) is 0 Å². The fourth-order valence-electron chi connectivity index (χ4n) is 4.15. The number of hydrogen-bond acceptors (Lipinski definition) is 7. The SMILES string of the molecule is CC(Sc1nnc(-c2ccccc2)c(-c2ccccc2)n1)C(=O)Nc1sc2c(c1C#N)CCCC2. The molecule has 1 aliphatic carbocycles. The number of thiophene rings is 1. The first kappa shape index (κ1) is 23.2. The van der Waals surface area contributed by atoms with Crippen LogP contribution in [0.25, 0.3) is 22.5 Å². The summed E-state index contributed by atoms with van der Waals surface area (Å²) in [6.45, 7) is 1.82. The largest absolute Gasteiger partial charge is 0.316 e. The van der Waals surface area contributed by atoms with Crippen molar-refractivity contribution in [1.82, 2.24) is 15.2 Å². The van der Waals surface area contributed by atoms with E-state index >= 15 is 0 Å². The van der Waals surface area contributed by atoms with Crippen LogP contribution in [-0.2, 0) is 17.6 Å². The van der Waals surface area contributed by atoms with Crippen LogP contribution in [0.1, 0.15) is 35.8 Å². The van der Waals surface area contributed by atoms with Crippen LogP contribution in [0, 0.1) is 11.3 Å². The predicted molar refractivity (Wildman–Crippen MR) is 140 cm³/mol. The molecule has 0 saturated carbocycles. The van der Waals surface area contributed by atoms with Crippen molar-refractivity contribution in [3.8, 4) is 28.6 Å². The number of aryl methyl sites for hydroxylation is 1. The maximum atomic E-state index is 13.0. The monoisotopic (exact) mass is 497 g/mol. The molecule has 1 unspecified atom stereocenters. The molecule has 0 fully saturated rings. The molecule has 5 rings (SSSR count). The van der Waals surface area contributed by atoms with Gasteiger partial charge in [-0.05, 0) is 38.2 Å². The van der Waals surface area contributed by atoms with Gasteiger partial charge in [-0.1, -0.05) is 72.4 Å². The third-order valence-electron chi connectivity index (χ3n) is 5.93. The summed E-state index contributed by atoms with van der Waals surface area (Å²) in [6.07, 6.45) is 4.10. The van der Waals surface area contributed by atoms with Gasteiger partial charge in [0.2, 0.25) is 11.1 Å². The van der Waals surface area contributed by atoms with Gasteiger partial charge in [-0.15, -0.1) is 21.5 Å². The van der Waals surface area contributed by atoms with Crippen LogP contribution in [0.3, 0.4) is 0 Å². The highest BCUT2D eigenvalue weighted by atomic mass is 32.2. The van der Waals surface area contributed by atoms with Crippen molar-refractivity contribution < 1.29 is 4.79 Å². The first-order valence-corrected chi connectivity index (χ1v) is 13.2. The average molecular weight is 498 g/mol. The third kappa shape index (κ3) is 4.97. The Balaban J connectivity index is 1.39. The van der Waals surface area contributed by atoms with Crippen molar-refractivity contribution in [1.29, 1.82) is 5.26 Å². The Kier molecular flexibility index (Phi) is 6.89. The minimum Gasteiger partial charge on any atom is -0.316 e. The van der Waals surface area contributed by atoms with Crippen molar-refractivity contribution >= 4 is 34.0 Å². The number of hydrogen-bond donors (Lipinski definition) is 1. The Morgan fingerprint density at radius 2 is 1.66 bits per heavy atom. The molecule has 0 spiro atoms. The molecule has 0 bridgehead atoms. The summed E-state index contributed by atoms with van der Waals surface area (Å²) < 4.78 is 0. The maximum absolute atomic E-state index is 13.0. The van der Waals surface area contributed by atoms with Crippen LogP contribution in [-0.4, -0.2) is 26.3 Å². The number of benzene rings is 2. The second-order valence-electron chi connectivity index (χ2n) is 8.30. The highest BCUT2D eigenvalue weighted by Gasteiger charge is 2.24. The Hall–Kier alpha value is -3.54. The lowest BCUT2D eigenvalue weighted by molar-refractivity contribution is -0.115. The molecule has 4 aromatic rings. The van der Waals surface area contributed by atoms with E-state index in [1.54, 1.807) is 0 Å². The zero-order valence-corrected chi connectivity index (χ0v) is 20.8. The summed E-state index contributed by atoms with van der Waals surface area (Å²) in [5.74, 6) is -0.179. The number of nitriles is 1. The molecule has 6 nitrogen and oxygen atoms in total. The van der Waals surface area contributed by atoms with Gasteiger partial charge in [-0.2, -0.15) is 5.26 Å². The summed E-state index contributed by atoms with van der Waals surface area (Å²) >= 11 is 2.79. The van der Waals surface area contributed by atoms with Gasteiger partial charge in [0.15, 0.2) is 0 Å². The molecule has 174 valence electrons. The summed E-state index contributed by atoms with van der Waals surface area (Å²) in [7, 11) is 0. The second-order valence-corrected chi connectivity index (χ2v) is 10.7. The summed E-state index contributed by atoms with van der Waals surface area (Å²) in [4.78, 5) is 19.0. The zero-order chi connectivity index (χ0) is 24.2. The molecule has 1 N–H and O–H groups in total. The zero-order valence-electron chi connectivity index (χ0n) is 19.2. The van der Waals surface area contributed by atoms with Crippen molar-refractivity contribution in [2.24, 2.45) is 0 Å². The molecule has 0 aliphatic heterocycles. The first-order valence-electron chi connectivity index (χ1n) is 11.5. The molecule has 1 amide bonds. The number of carbonyl (C=O) groups excluding carboxylic acids is 1. The highest BCUT2D eigenvalue weighted by Crippen LogP contribution is 2.38. The number of nitrogens with zero attached hydrogens (tertiary/aromatic N) is 4. The van der Waals surface area contributed by atoms with E-state index in [1.807, 2.05) is 67.6 Å². The molecule has 1 aliphatic rings. The lowest BCUT2D eigenvalue weighted by atomic mass is 9.96. The van der Waals surface area contributed by atoms with Gasteiger partial charge >= 0.3 is 0 Å². The van der Waals surface area contributed by atoms with Gasteiger partial charge in [-0.25, -0.2) is 4.98 Å². The van der Waals surface area contributed by atoms with Crippen LogP contribution in [0.5, 0.6) is 0 Å². The van der Waals surface area contributed by atoms with Crippen LogP contribution >= 0.6 is 23.1 Å². The number of carbonyl (C=O) groups is 1. The molecule has 2 heterocycles. The van der Waals surface area contributed by atoms with E-state index in [0.29, 0.717) is 21.4 Å².